The molecule has 0 aliphatic rings. The minimum atomic E-state index is -0.366. The molecule has 1 aromatic rings. The number of nitrogens with one attached hydrogen (secondary N) is 1. The Morgan fingerprint density at radius 1 is 1.21 bits per heavy atom. The molecule has 19 heavy (non-hydrogen) atoms. The summed E-state index contributed by atoms with van der Waals surface area (Å²) >= 11 is 2.39. The van der Waals surface area contributed by atoms with Gasteiger partial charge in [0.25, 0.3) is 0 Å². The second-order valence-corrected chi connectivity index (χ2v) is 8.89. The topological polar surface area (TPSA) is 38.3 Å². The molecule has 0 saturated carbocycles. The number of hydrogen-bond donors (Lipinski definition) is 1. The van der Waals surface area contributed by atoms with Crippen LogP contribution in [0.2, 0.25) is 0 Å². The summed E-state index contributed by atoms with van der Waals surface area (Å²) in [6, 6.07) is 9.67. The number of amides is 1. The van der Waals surface area contributed by atoms with Crippen LogP contribution in [0, 0.1) is 0 Å². The van der Waals surface area contributed by atoms with E-state index in [9.17, 15) is 4.79 Å². The summed E-state index contributed by atoms with van der Waals surface area (Å²) in [7, 11) is 0. The van der Waals surface area contributed by atoms with Crippen molar-refractivity contribution in [3.8, 4) is 0 Å². The minimum Gasteiger partial charge on any atom is -0.445 e. The summed E-state index contributed by atoms with van der Waals surface area (Å²) in [5, 5.41) is 2.92. The lowest BCUT2D eigenvalue weighted by Crippen LogP contribution is -2.46. The van der Waals surface area contributed by atoms with Crippen LogP contribution in [0.25, 0.3) is 0 Å². The maximum Gasteiger partial charge on any atom is 0.407 e. The van der Waals surface area contributed by atoms with Gasteiger partial charge in [-0.15, -0.1) is 0 Å². The smallest absolute Gasteiger partial charge is 0.407 e. The van der Waals surface area contributed by atoms with E-state index in [0.29, 0.717) is 6.61 Å². The standard InChI is InChI=1S/C15H22INO2/c1-14(2,16)11-15(3,4)17-13(18)19-10-12-8-6-5-7-9-12/h5-9H,10-11H2,1-4H3,(H,17,18). The van der Waals surface area contributed by atoms with E-state index in [4.69, 9.17) is 4.74 Å². The molecule has 0 heterocycles. The third kappa shape index (κ3) is 7.40. The molecule has 0 bridgehead atoms. The van der Waals surface area contributed by atoms with Crippen molar-refractivity contribution in [1.29, 1.82) is 0 Å². The molecule has 1 amide bonds. The molecule has 0 unspecified atom stereocenters. The number of benzene rings is 1. The lowest BCUT2D eigenvalue weighted by molar-refractivity contribution is 0.128. The average molecular weight is 375 g/mol. The third-order valence-corrected chi connectivity index (χ3v) is 2.90. The zero-order chi connectivity index (χ0) is 14.5. The molecule has 0 spiro atoms. The highest BCUT2D eigenvalue weighted by Gasteiger charge is 2.28. The van der Waals surface area contributed by atoms with Crippen LogP contribution in [0.15, 0.2) is 30.3 Å². The van der Waals surface area contributed by atoms with Gasteiger partial charge >= 0.3 is 6.09 Å². The zero-order valence-corrected chi connectivity index (χ0v) is 14.2. The molecule has 0 aromatic heterocycles. The first kappa shape index (κ1) is 16.3. The number of alkyl carbamates (subject to hydrolysis) is 1. The van der Waals surface area contributed by atoms with E-state index >= 15 is 0 Å². The van der Waals surface area contributed by atoms with Crippen molar-refractivity contribution in [3.63, 3.8) is 0 Å². The summed E-state index contributed by atoms with van der Waals surface area (Å²) in [6.45, 7) is 8.61. The van der Waals surface area contributed by atoms with E-state index in [0.717, 1.165) is 12.0 Å². The Bertz CT molecular complexity index is 410. The third-order valence-electron chi connectivity index (χ3n) is 2.52. The lowest BCUT2D eigenvalue weighted by atomic mass is 9.93. The molecule has 0 aliphatic carbocycles. The van der Waals surface area contributed by atoms with E-state index in [2.05, 4.69) is 41.8 Å². The van der Waals surface area contributed by atoms with Gasteiger partial charge in [-0.05, 0) is 25.8 Å². The molecular formula is C15H22INO2. The fraction of sp³-hybridized carbons (Fsp3) is 0.533. The van der Waals surface area contributed by atoms with E-state index in [1.807, 2.05) is 44.2 Å². The van der Waals surface area contributed by atoms with Crippen LogP contribution < -0.4 is 5.32 Å². The Labute approximate surface area is 129 Å². The van der Waals surface area contributed by atoms with Crippen molar-refractivity contribution in [3.05, 3.63) is 35.9 Å². The SMILES string of the molecule is CC(C)(I)CC(C)(C)NC(=O)OCc1ccccc1. The largest absolute Gasteiger partial charge is 0.445 e. The number of halogens is 1. The summed E-state index contributed by atoms with van der Waals surface area (Å²) in [5.41, 5.74) is 0.711. The number of carbonyl (C=O) groups is 1. The van der Waals surface area contributed by atoms with Gasteiger partial charge in [-0.2, -0.15) is 0 Å². The van der Waals surface area contributed by atoms with Crippen LogP contribution in [0.3, 0.4) is 0 Å². The van der Waals surface area contributed by atoms with Gasteiger partial charge in [-0.25, -0.2) is 4.79 Å². The highest BCUT2D eigenvalue weighted by Crippen LogP contribution is 2.28. The fourth-order valence-corrected chi connectivity index (χ4v) is 3.08. The maximum atomic E-state index is 11.8. The molecule has 0 atom stereocenters. The molecule has 0 aliphatic heterocycles. The molecule has 3 nitrogen and oxygen atoms in total. The van der Waals surface area contributed by atoms with Gasteiger partial charge in [0.1, 0.15) is 6.61 Å². The maximum absolute atomic E-state index is 11.8. The predicted molar refractivity (Wildman–Crippen MR) is 86.6 cm³/mol. The van der Waals surface area contributed by atoms with Crippen LogP contribution in [-0.4, -0.2) is 15.1 Å². The van der Waals surface area contributed by atoms with Gasteiger partial charge in [0, 0.05) is 8.96 Å². The van der Waals surface area contributed by atoms with Gasteiger partial charge in [-0.1, -0.05) is 66.8 Å². The van der Waals surface area contributed by atoms with Crippen LogP contribution in [0.1, 0.15) is 39.7 Å². The van der Waals surface area contributed by atoms with Gasteiger partial charge in [0.15, 0.2) is 0 Å². The molecule has 1 N–H and O–H groups in total. The molecule has 1 rings (SSSR count). The Morgan fingerprint density at radius 3 is 2.32 bits per heavy atom. The zero-order valence-electron chi connectivity index (χ0n) is 12.0. The van der Waals surface area contributed by atoms with Gasteiger partial charge in [0.05, 0.1) is 0 Å². The average Bonchev–Trinajstić information content (AvgIpc) is 2.23. The van der Waals surface area contributed by atoms with Crippen molar-refractivity contribution >= 4 is 28.7 Å². The van der Waals surface area contributed by atoms with Gasteiger partial charge in [-0.3, -0.25) is 0 Å². The van der Waals surface area contributed by atoms with Gasteiger partial charge in [0.2, 0.25) is 0 Å². The predicted octanol–water partition coefficient (Wildman–Crippen LogP) is 4.30. The molecule has 1 aromatic carbocycles. The number of alkyl halides is 1. The highest BCUT2D eigenvalue weighted by atomic mass is 127. The van der Waals surface area contributed by atoms with E-state index in [1.165, 1.54) is 0 Å². The van der Waals surface area contributed by atoms with Crippen molar-refractivity contribution in [2.24, 2.45) is 0 Å². The van der Waals surface area contributed by atoms with Gasteiger partial charge < -0.3 is 10.1 Å². The first-order valence-corrected chi connectivity index (χ1v) is 7.44. The van der Waals surface area contributed by atoms with Crippen LogP contribution in [0.5, 0.6) is 0 Å². The van der Waals surface area contributed by atoms with Crippen molar-refractivity contribution < 1.29 is 9.53 Å². The summed E-state index contributed by atoms with van der Waals surface area (Å²) in [6.07, 6.45) is 0.510. The van der Waals surface area contributed by atoms with E-state index in [1.54, 1.807) is 0 Å². The lowest BCUT2D eigenvalue weighted by Gasteiger charge is -2.31. The molecule has 106 valence electrons. The normalized spacial score (nSPS) is 12.1. The Balaban J connectivity index is 2.43. The molecule has 0 radical (unpaired) electrons. The molecular weight excluding hydrogens is 353 g/mol. The van der Waals surface area contributed by atoms with Crippen molar-refractivity contribution in [1.82, 2.24) is 5.32 Å². The minimum absolute atomic E-state index is 0.133. The monoisotopic (exact) mass is 375 g/mol. The summed E-state index contributed by atoms with van der Waals surface area (Å²) in [4.78, 5) is 11.8. The second-order valence-electron chi connectivity index (χ2n) is 5.97. The molecule has 4 heteroatoms. The van der Waals surface area contributed by atoms with Crippen LogP contribution in [-0.2, 0) is 11.3 Å². The number of carbonyl (C=O) groups excluding carboxylic acids is 1. The second kappa shape index (κ2) is 6.59. The van der Waals surface area contributed by atoms with Crippen LogP contribution >= 0.6 is 22.6 Å². The first-order valence-electron chi connectivity index (χ1n) is 6.36. The number of hydrogen-bond acceptors (Lipinski definition) is 2. The number of ether oxygens (including phenoxy) is 1. The fourth-order valence-electron chi connectivity index (χ4n) is 2.13. The van der Waals surface area contributed by atoms with Crippen LogP contribution in [0.4, 0.5) is 4.79 Å². The Hall–Kier alpha value is -0.780. The van der Waals surface area contributed by atoms with E-state index < -0.39 is 0 Å². The first-order chi connectivity index (χ1) is 8.68. The highest BCUT2D eigenvalue weighted by molar-refractivity contribution is 14.1. The summed E-state index contributed by atoms with van der Waals surface area (Å²) < 4.78 is 5.36. The number of rotatable bonds is 5. The van der Waals surface area contributed by atoms with Crippen molar-refractivity contribution in [2.45, 2.75) is 49.7 Å². The Kier molecular flexibility index (Phi) is 5.64. The molecule has 0 saturated heterocycles. The Morgan fingerprint density at radius 2 is 1.79 bits per heavy atom. The summed E-state index contributed by atoms with van der Waals surface area (Å²) in [5.74, 6) is 0. The quantitative estimate of drug-likeness (QED) is 0.616. The molecule has 0 fully saturated rings. The van der Waals surface area contributed by atoms with E-state index in [-0.39, 0.29) is 15.1 Å². The van der Waals surface area contributed by atoms with Crippen molar-refractivity contribution in [2.75, 3.05) is 0 Å².